The lowest BCUT2D eigenvalue weighted by atomic mass is 10.0. The molecule has 1 saturated heterocycles. The van der Waals surface area contributed by atoms with Crippen molar-refractivity contribution in [1.29, 1.82) is 0 Å². The van der Waals surface area contributed by atoms with Gasteiger partial charge in [0.2, 0.25) is 5.91 Å². The molecule has 0 bridgehead atoms. The van der Waals surface area contributed by atoms with Gasteiger partial charge in [-0.05, 0) is 17.8 Å². The third kappa shape index (κ3) is 1.67. The molecule has 0 radical (unpaired) electrons. The van der Waals surface area contributed by atoms with Crippen molar-refractivity contribution in [2.45, 2.75) is 46.0 Å². The van der Waals surface area contributed by atoms with Crippen LogP contribution in [0.4, 0.5) is 0 Å². The number of carboxylic acids is 1. The highest BCUT2D eigenvalue weighted by molar-refractivity contribution is 8.00. The molecule has 0 aromatic rings. The van der Waals surface area contributed by atoms with E-state index in [0.29, 0.717) is 5.75 Å². The average Bonchev–Trinajstić information content (AvgIpc) is 2.56. The van der Waals surface area contributed by atoms with Gasteiger partial charge in [-0.15, -0.1) is 11.8 Å². The van der Waals surface area contributed by atoms with Crippen LogP contribution >= 0.6 is 11.8 Å². The lowest BCUT2D eigenvalue weighted by Gasteiger charge is -2.26. The van der Waals surface area contributed by atoms with Crippen LogP contribution in [0.2, 0.25) is 0 Å². The van der Waals surface area contributed by atoms with Crippen molar-refractivity contribution in [3.05, 3.63) is 0 Å². The van der Waals surface area contributed by atoms with Crippen molar-refractivity contribution in [3.63, 3.8) is 0 Å². The maximum Gasteiger partial charge on any atom is 0.327 e. The normalized spacial score (nSPS) is 33.5. The van der Waals surface area contributed by atoms with Gasteiger partial charge in [0.25, 0.3) is 0 Å². The quantitative estimate of drug-likeness (QED) is 0.835. The minimum atomic E-state index is -0.892. The second-order valence-corrected chi connectivity index (χ2v) is 7.76. The highest BCUT2D eigenvalue weighted by Crippen LogP contribution is 2.69. The predicted molar refractivity (Wildman–Crippen MR) is 71.2 cm³/mol. The first-order valence-electron chi connectivity index (χ1n) is 6.29. The highest BCUT2D eigenvalue weighted by Gasteiger charge is 2.69. The summed E-state index contributed by atoms with van der Waals surface area (Å²) in [5.41, 5.74) is -0.0831. The van der Waals surface area contributed by atoms with Gasteiger partial charge in [-0.25, -0.2) is 4.79 Å². The molecular formula is C13H21NO3S. The fraction of sp³-hybridized carbons (Fsp3) is 0.846. The third-order valence-corrected chi connectivity index (χ3v) is 6.25. The van der Waals surface area contributed by atoms with Gasteiger partial charge in [0.15, 0.2) is 0 Å². The smallest absolute Gasteiger partial charge is 0.327 e. The van der Waals surface area contributed by atoms with E-state index in [1.165, 1.54) is 11.8 Å². The molecule has 1 N–H and O–H groups in total. The molecule has 2 aliphatic rings. The Kier molecular flexibility index (Phi) is 2.96. The van der Waals surface area contributed by atoms with Crippen LogP contribution in [0, 0.1) is 16.7 Å². The fourth-order valence-corrected chi connectivity index (χ4v) is 4.31. The van der Waals surface area contributed by atoms with Crippen molar-refractivity contribution >= 4 is 23.6 Å². The summed E-state index contributed by atoms with van der Waals surface area (Å²) >= 11 is 1.54. The van der Waals surface area contributed by atoms with Gasteiger partial charge < -0.3 is 10.0 Å². The van der Waals surface area contributed by atoms with E-state index in [1.54, 1.807) is 4.90 Å². The van der Waals surface area contributed by atoms with Crippen LogP contribution in [0.15, 0.2) is 0 Å². The molecule has 2 unspecified atom stereocenters. The Morgan fingerprint density at radius 2 is 1.72 bits per heavy atom. The summed E-state index contributed by atoms with van der Waals surface area (Å²) in [5.74, 6) is -0.449. The first-order chi connectivity index (χ1) is 8.12. The lowest BCUT2D eigenvalue weighted by Crippen LogP contribution is -2.46. The molecule has 1 heterocycles. The van der Waals surface area contributed by atoms with E-state index in [1.807, 2.05) is 6.92 Å². The fourth-order valence-electron chi connectivity index (χ4n) is 3.13. The van der Waals surface area contributed by atoms with Crippen molar-refractivity contribution in [2.75, 3.05) is 5.75 Å². The van der Waals surface area contributed by atoms with Gasteiger partial charge >= 0.3 is 5.97 Å². The molecule has 2 atom stereocenters. The second kappa shape index (κ2) is 3.89. The van der Waals surface area contributed by atoms with E-state index >= 15 is 0 Å². The Labute approximate surface area is 112 Å². The Bertz CT molecular complexity index is 391. The minimum Gasteiger partial charge on any atom is -0.480 e. The summed E-state index contributed by atoms with van der Waals surface area (Å²) < 4.78 is 0. The van der Waals surface area contributed by atoms with Crippen molar-refractivity contribution in [3.8, 4) is 0 Å². The van der Waals surface area contributed by atoms with Gasteiger partial charge in [0, 0.05) is 11.7 Å². The Morgan fingerprint density at radius 3 is 2.11 bits per heavy atom. The molecule has 0 spiro atoms. The molecule has 1 aliphatic heterocycles. The zero-order valence-electron chi connectivity index (χ0n) is 11.6. The molecule has 102 valence electrons. The molecule has 0 aromatic heterocycles. The number of rotatable bonds is 2. The van der Waals surface area contributed by atoms with E-state index < -0.39 is 12.0 Å². The molecule has 5 heteroatoms. The number of hydrogen-bond donors (Lipinski definition) is 1. The summed E-state index contributed by atoms with van der Waals surface area (Å²) in [7, 11) is 0. The molecule has 2 rings (SSSR count). The number of hydrogen-bond acceptors (Lipinski definition) is 3. The first-order valence-corrected chi connectivity index (χ1v) is 7.34. The van der Waals surface area contributed by atoms with Gasteiger partial charge in [0.1, 0.15) is 6.04 Å². The zero-order chi connectivity index (χ0) is 13.9. The molecule has 0 aromatic carbocycles. The molecular weight excluding hydrogens is 250 g/mol. The average molecular weight is 271 g/mol. The lowest BCUT2D eigenvalue weighted by molar-refractivity contribution is -0.150. The summed E-state index contributed by atoms with van der Waals surface area (Å²) in [6, 6.07) is -0.662. The molecule has 1 amide bonds. The minimum absolute atomic E-state index is 0.00917. The topological polar surface area (TPSA) is 57.6 Å². The number of aliphatic carboxylic acids is 1. The molecule has 4 nitrogen and oxygen atoms in total. The van der Waals surface area contributed by atoms with Gasteiger partial charge in [-0.3, -0.25) is 4.79 Å². The molecule has 2 fully saturated rings. The number of thioether (sulfide) groups is 1. The molecule has 1 saturated carbocycles. The summed E-state index contributed by atoms with van der Waals surface area (Å²) in [5, 5.41) is 9.17. The Balaban J connectivity index is 2.22. The number of carbonyl (C=O) groups excluding carboxylic acids is 1. The largest absolute Gasteiger partial charge is 0.480 e. The van der Waals surface area contributed by atoms with Crippen molar-refractivity contribution in [2.24, 2.45) is 16.7 Å². The van der Waals surface area contributed by atoms with Gasteiger partial charge in [0.05, 0.1) is 5.37 Å². The number of nitrogens with zero attached hydrogens (tertiary/aromatic N) is 1. The maximum atomic E-state index is 12.6. The van der Waals surface area contributed by atoms with Crippen LogP contribution in [0.1, 0.15) is 34.6 Å². The van der Waals surface area contributed by atoms with Gasteiger partial charge in [-0.2, -0.15) is 0 Å². The van der Waals surface area contributed by atoms with Crippen molar-refractivity contribution in [1.82, 2.24) is 4.90 Å². The SMILES string of the molecule is CC1SCC(C(=O)O)N1C(=O)C1C(C)(C)C1(C)C. The Morgan fingerprint density at radius 1 is 1.22 bits per heavy atom. The van der Waals surface area contributed by atoms with Crippen LogP contribution in [-0.2, 0) is 9.59 Å². The van der Waals surface area contributed by atoms with Crippen LogP contribution in [0.3, 0.4) is 0 Å². The van der Waals surface area contributed by atoms with Gasteiger partial charge in [-0.1, -0.05) is 27.7 Å². The monoisotopic (exact) mass is 271 g/mol. The second-order valence-electron chi connectivity index (χ2n) is 6.41. The van der Waals surface area contributed by atoms with E-state index in [0.717, 1.165) is 0 Å². The number of carboxylic acid groups (broad SMARTS) is 1. The Hall–Kier alpha value is -0.710. The third-order valence-electron chi connectivity index (χ3n) is 5.03. The summed E-state index contributed by atoms with van der Waals surface area (Å²) in [6.07, 6.45) is 0. The summed E-state index contributed by atoms with van der Waals surface area (Å²) in [4.78, 5) is 25.4. The van der Waals surface area contributed by atoms with Crippen molar-refractivity contribution < 1.29 is 14.7 Å². The summed E-state index contributed by atoms with van der Waals surface area (Å²) in [6.45, 7) is 10.2. The van der Waals surface area contributed by atoms with E-state index in [-0.39, 0.29) is 28.0 Å². The first kappa shape index (κ1) is 13.7. The van der Waals surface area contributed by atoms with Crippen LogP contribution < -0.4 is 0 Å². The van der Waals surface area contributed by atoms with E-state index in [2.05, 4.69) is 27.7 Å². The van der Waals surface area contributed by atoms with Crippen LogP contribution in [0.5, 0.6) is 0 Å². The van der Waals surface area contributed by atoms with E-state index in [4.69, 9.17) is 0 Å². The molecule has 1 aliphatic carbocycles. The van der Waals surface area contributed by atoms with E-state index in [9.17, 15) is 14.7 Å². The number of carbonyl (C=O) groups is 2. The standard InChI is InChI=1S/C13H21NO3S/c1-7-14(8(6-18-7)11(16)17)10(15)9-12(2,3)13(9,4)5/h7-9H,6H2,1-5H3,(H,16,17). The maximum absolute atomic E-state index is 12.6. The van der Waals surface area contributed by atoms with Crippen LogP contribution in [0.25, 0.3) is 0 Å². The molecule has 18 heavy (non-hydrogen) atoms. The van der Waals surface area contributed by atoms with Crippen LogP contribution in [-0.4, -0.2) is 39.1 Å². The predicted octanol–water partition coefficient (Wildman–Crippen LogP) is 2.04. The number of amides is 1. The zero-order valence-corrected chi connectivity index (χ0v) is 12.4. The highest BCUT2D eigenvalue weighted by atomic mass is 32.2.